The summed E-state index contributed by atoms with van der Waals surface area (Å²) in [7, 11) is -7.51. The molecule has 46 heavy (non-hydrogen) atoms. The number of aryl methyl sites for hydroxylation is 1. The zero-order valence-corrected chi connectivity index (χ0v) is 26.0. The minimum Gasteiger partial charge on any atom is -0.489 e. The predicted molar refractivity (Wildman–Crippen MR) is 157 cm³/mol. The van der Waals surface area contributed by atoms with Gasteiger partial charge in [0.2, 0.25) is 5.91 Å². The fourth-order valence-electron chi connectivity index (χ4n) is 7.18. The maximum absolute atomic E-state index is 14.5. The van der Waals surface area contributed by atoms with Crippen LogP contribution in [0.25, 0.3) is 0 Å². The molecule has 1 amide bonds. The van der Waals surface area contributed by atoms with Crippen LogP contribution in [-0.4, -0.2) is 51.7 Å². The molecule has 0 aromatic heterocycles. The number of hydrogen-bond donors (Lipinski definition) is 0. The summed E-state index contributed by atoms with van der Waals surface area (Å²) >= 11 is 0. The van der Waals surface area contributed by atoms with Crippen LogP contribution in [0, 0.1) is 17.6 Å². The Hall–Kier alpha value is -3.52. The van der Waals surface area contributed by atoms with Crippen LogP contribution in [0.5, 0.6) is 5.75 Å². The number of sulfone groups is 2. The van der Waals surface area contributed by atoms with Gasteiger partial charge >= 0.3 is 6.18 Å². The number of ether oxygens (including phenoxy) is 1. The standard InChI is InChI=1S/C32H30F5NO6S2/c33-22-5-8-24(9-6-22)46(42,43)31-14-15-38(30(39)20-12-16-45(40,41)17-13-20)29(31)11-4-21-18-23(7-10-26(21)31)44-19-25-27(32(35,36)37)2-1-3-28(25)34/h1-3,5-10,18,20,29H,4,11-17,19H2/t29-,31-/m1/s1. The van der Waals surface area contributed by atoms with Gasteiger partial charge in [-0.3, -0.25) is 4.79 Å². The predicted octanol–water partition coefficient (Wildman–Crippen LogP) is 5.60. The fraction of sp³-hybridized carbons (Fsp3) is 0.406. The van der Waals surface area contributed by atoms with Gasteiger partial charge in [-0.2, -0.15) is 13.2 Å². The number of carbonyl (C=O) groups is 1. The van der Waals surface area contributed by atoms with Gasteiger partial charge < -0.3 is 9.64 Å². The van der Waals surface area contributed by atoms with E-state index < -0.39 is 71.9 Å². The summed E-state index contributed by atoms with van der Waals surface area (Å²) in [6, 6.07) is 10.7. The zero-order valence-electron chi connectivity index (χ0n) is 24.4. The van der Waals surface area contributed by atoms with E-state index in [0.29, 0.717) is 17.5 Å². The van der Waals surface area contributed by atoms with Gasteiger partial charge in [-0.05, 0) is 91.8 Å². The lowest BCUT2D eigenvalue weighted by atomic mass is 9.78. The second kappa shape index (κ2) is 11.6. The first-order valence-electron chi connectivity index (χ1n) is 14.8. The first kappa shape index (κ1) is 32.4. The monoisotopic (exact) mass is 683 g/mol. The molecule has 0 saturated carbocycles. The molecule has 3 aromatic rings. The van der Waals surface area contributed by atoms with Gasteiger partial charge in [0.1, 0.15) is 38.6 Å². The van der Waals surface area contributed by atoms with Gasteiger partial charge in [0.05, 0.1) is 28.0 Å². The Kier molecular flexibility index (Phi) is 8.19. The normalized spacial score (nSPS) is 23.1. The van der Waals surface area contributed by atoms with Crippen molar-refractivity contribution < 1.29 is 48.3 Å². The molecule has 6 rings (SSSR count). The van der Waals surface area contributed by atoms with Crippen molar-refractivity contribution in [1.29, 1.82) is 0 Å². The molecular weight excluding hydrogens is 653 g/mol. The van der Waals surface area contributed by atoms with E-state index in [0.717, 1.165) is 30.3 Å². The molecule has 0 bridgehead atoms. The van der Waals surface area contributed by atoms with Gasteiger partial charge in [0.15, 0.2) is 9.84 Å². The van der Waals surface area contributed by atoms with Crippen LogP contribution in [-0.2, 0) is 48.4 Å². The number of rotatable bonds is 6. The third-order valence-electron chi connectivity index (χ3n) is 9.46. The van der Waals surface area contributed by atoms with E-state index in [1.165, 1.54) is 30.3 Å². The Labute approximate surface area is 263 Å². The van der Waals surface area contributed by atoms with E-state index in [-0.39, 0.29) is 60.3 Å². The number of carbonyl (C=O) groups excluding carboxylic acids is 1. The van der Waals surface area contributed by atoms with Gasteiger partial charge in [-0.25, -0.2) is 25.6 Å². The van der Waals surface area contributed by atoms with E-state index >= 15 is 0 Å². The highest BCUT2D eigenvalue weighted by molar-refractivity contribution is 7.92. The largest absolute Gasteiger partial charge is 0.489 e. The van der Waals surface area contributed by atoms with Gasteiger partial charge in [-0.15, -0.1) is 0 Å². The highest BCUT2D eigenvalue weighted by Gasteiger charge is 2.61. The van der Waals surface area contributed by atoms with Crippen LogP contribution in [0.3, 0.4) is 0 Å². The lowest BCUT2D eigenvalue weighted by Gasteiger charge is -2.43. The minimum absolute atomic E-state index is 0.0194. The summed E-state index contributed by atoms with van der Waals surface area (Å²) in [6.07, 6.45) is -3.96. The molecule has 2 aliphatic heterocycles. The minimum atomic E-state index is -4.80. The van der Waals surface area contributed by atoms with Crippen molar-refractivity contribution in [3.8, 4) is 5.75 Å². The highest BCUT2D eigenvalue weighted by Crippen LogP contribution is 2.53. The number of likely N-dealkylation sites (tertiary alicyclic amines) is 1. The number of halogens is 5. The second-order valence-corrected chi connectivity index (χ2v) is 16.5. The van der Waals surface area contributed by atoms with Gasteiger partial charge in [0.25, 0.3) is 0 Å². The first-order chi connectivity index (χ1) is 21.6. The quantitative estimate of drug-likeness (QED) is 0.248. The van der Waals surface area contributed by atoms with Crippen LogP contribution in [0.15, 0.2) is 65.6 Å². The molecule has 2 atom stereocenters. The average molecular weight is 684 g/mol. The van der Waals surface area contributed by atoms with Crippen molar-refractivity contribution in [3.05, 3.63) is 94.6 Å². The van der Waals surface area contributed by atoms with Crippen LogP contribution in [0.1, 0.15) is 47.9 Å². The van der Waals surface area contributed by atoms with Crippen molar-refractivity contribution in [2.75, 3.05) is 18.1 Å². The van der Waals surface area contributed by atoms with Gasteiger partial charge in [-0.1, -0.05) is 12.1 Å². The Balaban J connectivity index is 1.37. The molecule has 0 N–H and O–H groups in total. The Bertz CT molecular complexity index is 1880. The molecule has 2 saturated heterocycles. The smallest absolute Gasteiger partial charge is 0.416 e. The molecule has 0 radical (unpaired) electrons. The fourth-order valence-corrected chi connectivity index (χ4v) is 11.0. The van der Waals surface area contributed by atoms with Crippen molar-refractivity contribution in [3.63, 3.8) is 0 Å². The molecule has 246 valence electrons. The number of hydrogen-bond acceptors (Lipinski definition) is 6. The van der Waals surface area contributed by atoms with E-state index in [4.69, 9.17) is 4.74 Å². The second-order valence-electron chi connectivity index (χ2n) is 12.0. The summed E-state index contributed by atoms with van der Waals surface area (Å²) in [6.45, 7) is -0.625. The molecule has 1 aliphatic carbocycles. The Morgan fingerprint density at radius 3 is 2.35 bits per heavy atom. The van der Waals surface area contributed by atoms with Crippen molar-refractivity contribution in [1.82, 2.24) is 4.90 Å². The maximum Gasteiger partial charge on any atom is 0.416 e. The van der Waals surface area contributed by atoms with Crippen LogP contribution >= 0.6 is 0 Å². The SMILES string of the molecule is O=C(C1CCS(=O)(=O)CC1)N1CC[C@@]2(S(=O)(=O)c3ccc(F)cc3)c3ccc(OCc4c(F)cccc4C(F)(F)F)cc3CC[C@@H]12. The third kappa shape index (κ3) is 5.56. The number of benzene rings is 3. The number of nitrogens with zero attached hydrogens (tertiary/aromatic N) is 1. The highest BCUT2D eigenvalue weighted by atomic mass is 32.2. The molecule has 0 unspecified atom stereocenters. The van der Waals surface area contributed by atoms with E-state index in [9.17, 15) is 43.6 Å². The number of fused-ring (bicyclic) bond motifs is 3. The van der Waals surface area contributed by atoms with E-state index in [2.05, 4.69) is 0 Å². The first-order valence-corrected chi connectivity index (χ1v) is 18.1. The number of amides is 1. The molecule has 3 aromatic carbocycles. The summed E-state index contributed by atoms with van der Waals surface area (Å²) in [5.41, 5.74) is -0.890. The molecule has 14 heteroatoms. The molecule has 2 fully saturated rings. The van der Waals surface area contributed by atoms with Crippen LogP contribution in [0.4, 0.5) is 22.0 Å². The topological polar surface area (TPSA) is 97.8 Å². The molecular formula is C32H30F5NO6S2. The Morgan fingerprint density at radius 2 is 1.67 bits per heavy atom. The van der Waals surface area contributed by atoms with Gasteiger partial charge in [0, 0.05) is 18.0 Å². The lowest BCUT2D eigenvalue weighted by Crippen LogP contribution is -2.53. The van der Waals surface area contributed by atoms with Crippen molar-refractivity contribution in [2.24, 2.45) is 5.92 Å². The summed E-state index contributed by atoms with van der Waals surface area (Å²) in [4.78, 5) is 15.2. The lowest BCUT2D eigenvalue weighted by molar-refractivity contribution is -0.139. The van der Waals surface area contributed by atoms with Crippen LogP contribution in [0.2, 0.25) is 0 Å². The molecule has 2 heterocycles. The number of alkyl halides is 3. The third-order valence-corrected chi connectivity index (χ3v) is 13.7. The van der Waals surface area contributed by atoms with Crippen LogP contribution < -0.4 is 4.74 Å². The summed E-state index contributed by atoms with van der Waals surface area (Å²) < 4.78 is 126. The van der Waals surface area contributed by atoms with Crippen molar-refractivity contribution >= 4 is 25.6 Å². The summed E-state index contributed by atoms with van der Waals surface area (Å²) in [5.74, 6) is -2.70. The summed E-state index contributed by atoms with van der Waals surface area (Å²) in [5, 5.41) is 0. The molecule has 7 nitrogen and oxygen atoms in total. The van der Waals surface area contributed by atoms with E-state index in [1.54, 1.807) is 4.90 Å². The molecule has 3 aliphatic rings. The maximum atomic E-state index is 14.5. The molecule has 0 spiro atoms. The zero-order chi connectivity index (χ0) is 33.1. The van der Waals surface area contributed by atoms with E-state index in [1.807, 2.05) is 0 Å². The average Bonchev–Trinajstić information content (AvgIpc) is 3.41. The Morgan fingerprint density at radius 1 is 0.978 bits per heavy atom. The van der Waals surface area contributed by atoms with Crippen molar-refractivity contribution in [2.45, 2.75) is 60.6 Å².